The van der Waals surface area contributed by atoms with Gasteiger partial charge in [-0.05, 0) is 287 Å². The van der Waals surface area contributed by atoms with Gasteiger partial charge in [0.2, 0.25) is 0 Å². The summed E-state index contributed by atoms with van der Waals surface area (Å²) in [6, 6.07) is 0. The van der Waals surface area contributed by atoms with Crippen molar-refractivity contribution < 1.29 is 42.8 Å². The summed E-state index contributed by atoms with van der Waals surface area (Å²) in [7, 11) is 3.82. The summed E-state index contributed by atoms with van der Waals surface area (Å²) in [5.41, 5.74) is 0. The number of ether oxygens (including phenoxy) is 6. The molecular formula is C78H80O9. The van der Waals surface area contributed by atoms with E-state index in [0.717, 1.165) is 0 Å². The minimum Gasteiger partial charge on any atom is -0.371 e. The molecule has 0 heterocycles. The lowest BCUT2D eigenvalue weighted by Crippen LogP contribution is -2.35. The van der Waals surface area contributed by atoms with Crippen molar-refractivity contribution in [3.05, 3.63) is 0 Å². The van der Waals surface area contributed by atoms with Crippen LogP contribution in [0.25, 0.3) is 0 Å². The summed E-state index contributed by atoms with van der Waals surface area (Å²) in [6.07, 6.45) is -4.66. The topological polar surface area (TPSA) is 107 Å². The molecule has 0 aliphatic carbocycles. The molecule has 0 aromatic heterocycles. The van der Waals surface area contributed by atoms with E-state index in [0.29, 0.717) is 0 Å². The van der Waals surface area contributed by atoms with Gasteiger partial charge in [-0.25, -0.2) is 0 Å². The van der Waals surface area contributed by atoms with Crippen LogP contribution >= 0.6 is 0 Å². The molecule has 87 heavy (non-hydrogen) atoms. The van der Waals surface area contributed by atoms with Gasteiger partial charge in [0.1, 0.15) is 25.9 Å². The molecule has 0 fully saturated rings. The zero-order valence-electron chi connectivity index (χ0n) is 41.0. The summed E-state index contributed by atoms with van der Waals surface area (Å²) in [5.74, 6) is 119. The Kier molecular flexibility index (Phi) is 105. The summed E-state index contributed by atoms with van der Waals surface area (Å²) in [4.78, 5) is 38.8. The van der Waals surface area contributed by atoms with E-state index < -0.39 is 61.6 Å². The van der Waals surface area contributed by atoms with Crippen molar-refractivity contribution in [2.75, 3.05) is 54.4 Å². The van der Waals surface area contributed by atoms with E-state index in [1.165, 1.54) is 21.3 Å². The van der Waals surface area contributed by atoms with Crippen LogP contribution < -0.4 is 0 Å². The van der Waals surface area contributed by atoms with Crippen molar-refractivity contribution in [2.45, 2.75) is 134 Å². The second-order valence-electron chi connectivity index (χ2n) is 11.6. The molecule has 0 rings (SSSR count). The van der Waals surface area contributed by atoms with Crippen LogP contribution in [-0.2, 0) is 42.8 Å². The number of hydrogen-bond donors (Lipinski definition) is 0. The molecule has 0 spiro atoms. The number of hydrogen-bond acceptors (Lipinski definition) is 9. The molecule has 0 saturated carbocycles. The number of carbonyl (C=O) groups is 3. The molecule has 0 aromatic rings. The van der Waals surface area contributed by atoms with E-state index in [-0.39, 0.29) is 102 Å². The SMILES string of the molecule is C.C.C.C.C.C.C.C.C.C.C.C.CC#CC#CC#CC#CC#CC#CC#CC#CC(OC)C(=O)COCC(COCC(=O)C(C#CC#CC#CC#CC#CC#CC#CC#CC)OC)OCC(=O)C(C#CC#CC#CC#CC#CC#CC#CC#CC)OC. The predicted molar refractivity (Wildman–Crippen MR) is 363 cm³/mol. The predicted octanol–water partition coefficient (Wildman–Crippen LogP) is 7.93. The third kappa shape index (κ3) is 70.3. The average molecular weight is 1160 g/mol. The molecule has 446 valence electrons. The first-order valence-electron chi connectivity index (χ1n) is 20.6. The summed E-state index contributed by atoms with van der Waals surface area (Å²) in [5, 5.41) is 0. The van der Waals surface area contributed by atoms with Crippen LogP contribution in [0.5, 0.6) is 0 Å². The first kappa shape index (κ1) is 107. The fourth-order valence-corrected chi connectivity index (χ4v) is 3.58. The maximum Gasteiger partial charge on any atom is 0.199 e. The van der Waals surface area contributed by atoms with Gasteiger partial charge in [-0.2, -0.15) is 0 Å². The maximum atomic E-state index is 13.0. The Morgan fingerprint density at radius 3 is 0.586 bits per heavy atom. The Labute approximate surface area is 530 Å². The minimum absolute atomic E-state index is 0. The molecule has 0 bridgehead atoms. The van der Waals surface area contributed by atoms with Gasteiger partial charge >= 0.3 is 0 Å². The van der Waals surface area contributed by atoms with Crippen molar-refractivity contribution in [3.63, 3.8) is 0 Å². The molecule has 0 aliphatic rings. The molecule has 0 saturated heterocycles. The summed E-state index contributed by atoms with van der Waals surface area (Å²) < 4.78 is 32.5. The van der Waals surface area contributed by atoms with E-state index >= 15 is 0 Å². The van der Waals surface area contributed by atoms with Gasteiger partial charge in [0, 0.05) is 21.3 Å². The molecule has 9 nitrogen and oxygen atoms in total. The zero-order chi connectivity index (χ0) is 54.8. The molecule has 0 aliphatic heterocycles. The molecule has 3 atom stereocenters. The Morgan fingerprint density at radius 1 is 0.253 bits per heavy atom. The zero-order valence-corrected chi connectivity index (χ0v) is 41.0. The highest BCUT2D eigenvalue weighted by molar-refractivity contribution is 5.88. The van der Waals surface area contributed by atoms with Gasteiger partial charge in [0.25, 0.3) is 0 Å². The third-order valence-corrected chi connectivity index (χ3v) is 6.56. The van der Waals surface area contributed by atoms with Gasteiger partial charge in [-0.3, -0.25) is 14.4 Å². The van der Waals surface area contributed by atoms with Crippen LogP contribution in [-0.4, -0.2) is 96.1 Å². The highest BCUT2D eigenvalue weighted by Gasteiger charge is 2.22. The van der Waals surface area contributed by atoms with Crippen molar-refractivity contribution in [2.24, 2.45) is 0 Å². The van der Waals surface area contributed by atoms with Gasteiger partial charge in [-0.15, -0.1) is 0 Å². The highest BCUT2D eigenvalue weighted by atomic mass is 16.6. The second kappa shape index (κ2) is 85.5. The molecule has 3 unspecified atom stereocenters. The molecule has 0 aromatic carbocycles. The van der Waals surface area contributed by atoms with Gasteiger partial charge in [0.05, 0.1) is 13.2 Å². The Bertz CT molecular complexity index is 3630. The number of rotatable bonds is 17. The monoisotopic (exact) mass is 1160 g/mol. The lowest BCUT2D eigenvalue weighted by molar-refractivity contribution is -0.142. The van der Waals surface area contributed by atoms with Gasteiger partial charge in [0.15, 0.2) is 35.7 Å². The third-order valence-electron chi connectivity index (χ3n) is 6.56. The normalized spacial score (nSPS) is 7.10. The van der Waals surface area contributed by atoms with Crippen molar-refractivity contribution in [1.29, 1.82) is 0 Å². The standard InChI is InChI=1S/C66H32O9.12CH4/c1-7-10-13-16-19-22-25-28-31-34-37-40-43-46-49-52-64(70-4)61(67)57-73-55-60(75-59-63(69)66(72-6)54-51-48-45-42-39-36-33-30-27-24-21-18-15-12-9-3)56-74-58-62(68)65(71-5)53-50-47-44-41-38-35-32-29-26-23-20-17-14-11-8-2;;;;;;;;;;;;/h60,64-66H,55-59H2,1-6H3;12*1H4. The first-order valence-corrected chi connectivity index (χ1v) is 20.6. The maximum absolute atomic E-state index is 13.0. The van der Waals surface area contributed by atoms with E-state index in [1.54, 1.807) is 20.8 Å². The molecular weight excluding hydrogens is 1080 g/mol. The van der Waals surface area contributed by atoms with Crippen LogP contribution in [0.15, 0.2) is 0 Å². The van der Waals surface area contributed by atoms with Crippen LogP contribution in [0.2, 0.25) is 0 Å². The fraction of sp³-hybridized carbons (Fsp3) is 0.346. The Balaban J connectivity index is -0.000000415. The van der Waals surface area contributed by atoms with Gasteiger partial charge in [-0.1, -0.05) is 107 Å². The lowest BCUT2D eigenvalue weighted by atomic mass is 10.2. The minimum atomic E-state index is -1.24. The fourth-order valence-electron chi connectivity index (χ4n) is 3.58. The van der Waals surface area contributed by atoms with Crippen LogP contribution in [0.1, 0.15) is 110 Å². The Morgan fingerprint density at radius 2 is 0.414 bits per heavy atom. The van der Waals surface area contributed by atoms with Crippen molar-refractivity contribution >= 4 is 17.3 Å². The molecule has 0 amide bonds. The average Bonchev–Trinajstić information content (AvgIpc) is 3.43. The molecule has 9 heteroatoms. The van der Waals surface area contributed by atoms with Crippen molar-refractivity contribution in [3.8, 4) is 284 Å². The lowest BCUT2D eigenvalue weighted by Gasteiger charge is -2.19. The second-order valence-corrected chi connectivity index (χ2v) is 11.6. The largest absolute Gasteiger partial charge is 0.371 e. The first-order chi connectivity index (χ1) is 36.9. The highest BCUT2D eigenvalue weighted by Crippen LogP contribution is 2.02. The van der Waals surface area contributed by atoms with Crippen molar-refractivity contribution in [1.82, 2.24) is 0 Å². The van der Waals surface area contributed by atoms with Crippen LogP contribution in [0, 0.1) is 284 Å². The molecule has 0 N–H and O–H groups in total. The summed E-state index contributed by atoms with van der Waals surface area (Å²) in [6.45, 7) is 2.89. The smallest absolute Gasteiger partial charge is 0.199 e. The number of ketones is 3. The molecule has 0 radical (unpaired) electrons. The van der Waals surface area contributed by atoms with Gasteiger partial charge < -0.3 is 28.4 Å². The van der Waals surface area contributed by atoms with Crippen LogP contribution in [0.4, 0.5) is 0 Å². The Hall–Kier alpha value is -11.8. The number of carbonyl (C=O) groups excluding carboxylic acids is 3. The van der Waals surface area contributed by atoms with E-state index in [4.69, 9.17) is 28.4 Å². The van der Waals surface area contributed by atoms with E-state index in [2.05, 4.69) is 284 Å². The van der Waals surface area contributed by atoms with Crippen LogP contribution in [0.3, 0.4) is 0 Å². The number of methoxy groups -OCH3 is 3. The summed E-state index contributed by atoms with van der Waals surface area (Å²) >= 11 is 0. The van der Waals surface area contributed by atoms with E-state index in [9.17, 15) is 14.4 Å². The van der Waals surface area contributed by atoms with E-state index in [1.807, 2.05) is 0 Å². The quantitative estimate of drug-likeness (QED) is 0.134. The number of Topliss-reactive ketones (excluding diaryl/α,β-unsaturated/α-hetero) is 3.